The van der Waals surface area contributed by atoms with Crippen LogP contribution in [0.2, 0.25) is 0 Å². The van der Waals surface area contributed by atoms with Crippen LogP contribution in [0.15, 0.2) is 53.5 Å². The fourth-order valence-corrected chi connectivity index (χ4v) is 3.08. The number of ether oxygens (including phenoxy) is 1. The number of aliphatic imine (C=N–C) groups is 1. The van der Waals surface area contributed by atoms with E-state index in [-0.39, 0.29) is 29.9 Å². The van der Waals surface area contributed by atoms with Crippen molar-refractivity contribution in [3.63, 3.8) is 0 Å². The van der Waals surface area contributed by atoms with Crippen LogP contribution in [0.4, 0.5) is 5.69 Å². The number of rotatable bonds is 10. The largest absolute Gasteiger partial charge is 0.494 e. The molecular weight excluding hydrogens is 517 g/mol. The van der Waals surface area contributed by atoms with Crippen LogP contribution in [0.5, 0.6) is 5.75 Å². The summed E-state index contributed by atoms with van der Waals surface area (Å²) in [5.41, 5.74) is 3.00. The van der Waals surface area contributed by atoms with E-state index in [1.807, 2.05) is 69.4 Å². The molecule has 0 heterocycles. The molecule has 0 radical (unpaired) electrons. The zero-order chi connectivity index (χ0) is 22.6. The molecule has 2 aromatic rings. The molecule has 32 heavy (non-hydrogen) atoms. The first-order valence-electron chi connectivity index (χ1n) is 10.7. The lowest BCUT2D eigenvalue weighted by atomic mass is 10.2. The number of nitrogens with zero attached hydrogens (tertiary/aromatic N) is 3. The number of likely N-dealkylation sites (N-methyl/N-ethyl adjacent to an activating group) is 1. The first-order chi connectivity index (χ1) is 14.9. The van der Waals surface area contributed by atoms with E-state index in [2.05, 4.69) is 34.6 Å². The van der Waals surface area contributed by atoms with Gasteiger partial charge >= 0.3 is 0 Å². The minimum absolute atomic E-state index is 0. The first-order valence-corrected chi connectivity index (χ1v) is 10.7. The van der Waals surface area contributed by atoms with Crippen molar-refractivity contribution >= 4 is 41.5 Å². The van der Waals surface area contributed by atoms with Gasteiger partial charge in [0.15, 0.2) is 5.96 Å². The van der Waals surface area contributed by atoms with Crippen LogP contribution in [-0.2, 0) is 17.9 Å². The van der Waals surface area contributed by atoms with Gasteiger partial charge in [0.05, 0.1) is 19.7 Å². The molecule has 2 aromatic carbocycles. The Labute approximate surface area is 209 Å². The van der Waals surface area contributed by atoms with Gasteiger partial charge in [-0.2, -0.15) is 0 Å². The Balaban J connectivity index is 0.00000512. The number of hydrogen-bond acceptors (Lipinski definition) is 4. The van der Waals surface area contributed by atoms with Crippen LogP contribution in [0, 0.1) is 0 Å². The zero-order valence-corrected chi connectivity index (χ0v) is 22.1. The number of carbonyl (C=O) groups is 1. The highest BCUT2D eigenvalue weighted by Crippen LogP contribution is 2.14. The van der Waals surface area contributed by atoms with Gasteiger partial charge in [-0.15, -0.1) is 24.0 Å². The Kier molecular flexibility index (Phi) is 12.7. The number of amides is 1. The quantitative estimate of drug-likeness (QED) is 0.266. The van der Waals surface area contributed by atoms with Crippen LogP contribution < -0.4 is 15.4 Å². The number of hydrogen-bond donors (Lipinski definition) is 2. The Hall–Kier alpha value is -2.33. The average Bonchev–Trinajstić information content (AvgIpc) is 2.72. The summed E-state index contributed by atoms with van der Waals surface area (Å²) in [6, 6.07) is 15.9. The second kappa shape index (κ2) is 14.7. The summed E-state index contributed by atoms with van der Waals surface area (Å²) >= 11 is 0. The summed E-state index contributed by atoms with van der Waals surface area (Å²) in [5, 5.41) is 6.28. The maximum atomic E-state index is 12.0. The Morgan fingerprint density at radius 3 is 2.38 bits per heavy atom. The number of nitrogens with one attached hydrogen (secondary N) is 2. The lowest BCUT2D eigenvalue weighted by molar-refractivity contribution is -0.116. The van der Waals surface area contributed by atoms with Crippen LogP contribution in [0.3, 0.4) is 0 Å². The van der Waals surface area contributed by atoms with Gasteiger partial charge < -0.3 is 25.2 Å². The van der Waals surface area contributed by atoms with Crippen molar-refractivity contribution in [3.8, 4) is 5.75 Å². The van der Waals surface area contributed by atoms with E-state index in [1.54, 1.807) is 0 Å². The molecule has 0 spiro atoms. The summed E-state index contributed by atoms with van der Waals surface area (Å²) in [6.45, 7) is 7.09. The van der Waals surface area contributed by atoms with Gasteiger partial charge in [0.2, 0.25) is 5.91 Å². The summed E-state index contributed by atoms with van der Waals surface area (Å²) < 4.78 is 5.51. The predicted molar refractivity (Wildman–Crippen MR) is 143 cm³/mol. The second-order valence-corrected chi connectivity index (χ2v) is 7.59. The van der Waals surface area contributed by atoms with Gasteiger partial charge in [-0.05, 0) is 63.3 Å². The molecule has 1 amide bonds. The smallest absolute Gasteiger partial charge is 0.238 e. The fourth-order valence-electron chi connectivity index (χ4n) is 3.08. The van der Waals surface area contributed by atoms with Crippen molar-refractivity contribution in [2.45, 2.75) is 26.9 Å². The molecule has 0 aliphatic carbocycles. The number of halogens is 1. The second-order valence-electron chi connectivity index (χ2n) is 7.59. The first kappa shape index (κ1) is 27.7. The third-order valence-corrected chi connectivity index (χ3v) is 4.43. The Morgan fingerprint density at radius 1 is 1.03 bits per heavy atom. The van der Waals surface area contributed by atoms with Crippen LogP contribution in [-0.4, -0.2) is 62.5 Å². The van der Waals surface area contributed by atoms with Gasteiger partial charge in [-0.3, -0.25) is 4.79 Å². The zero-order valence-electron chi connectivity index (χ0n) is 19.7. The lowest BCUT2D eigenvalue weighted by Gasteiger charge is -2.22. The molecule has 7 nitrogen and oxygen atoms in total. The predicted octanol–water partition coefficient (Wildman–Crippen LogP) is 3.80. The minimum Gasteiger partial charge on any atom is -0.494 e. The molecule has 0 bridgehead atoms. The molecule has 0 aliphatic rings. The average molecular weight is 553 g/mol. The van der Waals surface area contributed by atoms with E-state index in [0.717, 1.165) is 36.0 Å². The van der Waals surface area contributed by atoms with Gasteiger partial charge in [0.1, 0.15) is 5.75 Å². The molecular formula is C24H36IN5O2. The van der Waals surface area contributed by atoms with Crippen molar-refractivity contribution in [3.05, 3.63) is 59.7 Å². The number of carbonyl (C=O) groups excluding carboxylic acids is 1. The molecule has 176 valence electrons. The minimum atomic E-state index is -0.0333. The van der Waals surface area contributed by atoms with E-state index < -0.39 is 0 Å². The third kappa shape index (κ3) is 9.86. The summed E-state index contributed by atoms with van der Waals surface area (Å²) in [5.74, 6) is 1.68. The lowest BCUT2D eigenvalue weighted by Crippen LogP contribution is -2.38. The molecule has 0 aliphatic heterocycles. The SMILES string of the molecule is CCNC(=NCc1cccc(NC(=O)CN(C)C)c1)N(C)Cc1ccc(OCC)cc1.I. The maximum absolute atomic E-state index is 12.0. The molecule has 0 atom stereocenters. The van der Waals surface area contributed by atoms with Gasteiger partial charge in [0, 0.05) is 25.8 Å². The fraction of sp³-hybridized carbons (Fsp3) is 0.417. The Bertz CT molecular complexity index is 856. The van der Waals surface area contributed by atoms with Crippen molar-refractivity contribution in [2.24, 2.45) is 4.99 Å². The number of guanidine groups is 1. The van der Waals surface area contributed by atoms with Gasteiger partial charge in [-0.1, -0.05) is 24.3 Å². The highest BCUT2D eigenvalue weighted by atomic mass is 127. The molecule has 0 fully saturated rings. The van der Waals surface area contributed by atoms with E-state index in [0.29, 0.717) is 19.7 Å². The van der Waals surface area contributed by atoms with Crippen molar-refractivity contribution in [1.29, 1.82) is 0 Å². The molecule has 2 rings (SSSR count). The van der Waals surface area contributed by atoms with E-state index in [1.165, 1.54) is 5.56 Å². The maximum Gasteiger partial charge on any atom is 0.238 e. The summed E-state index contributed by atoms with van der Waals surface area (Å²) in [6.07, 6.45) is 0. The Morgan fingerprint density at radius 2 is 1.75 bits per heavy atom. The molecule has 8 heteroatoms. The van der Waals surface area contributed by atoms with Crippen LogP contribution in [0.1, 0.15) is 25.0 Å². The number of anilines is 1. The van der Waals surface area contributed by atoms with Crippen LogP contribution in [0.25, 0.3) is 0 Å². The highest BCUT2D eigenvalue weighted by molar-refractivity contribution is 14.0. The summed E-state index contributed by atoms with van der Waals surface area (Å²) in [4.78, 5) is 20.7. The highest BCUT2D eigenvalue weighted by Gasteiger charge is 2.08. The molecule has 0 saturated heterocycles. The topological polar surface area (TPSA) is 69.2 Å². The molecule has 0 unspecified atom stereocenters. The standard InChI is InChI=1S/C24H35N5O2.HI/c1-6-25-24(29(5)17-19-11-13-22(14-12-19)31-7-2)26-16-20-9-8-10-21(15-20)27-23(30)18-28(3)4;/h8-15H,6-7,16-18H2,1-5H3,(H,25,26)(H,27,30);1H. The van der Waals surface area contributed by atoms with Crippen molar-refractivity contribution in [2.75, 3.05) is 46.2 Å². The normalized spacial score (nSPS) is 11.0. The van der Waals surface area contributed by atoms with E-state index in [4.69, 9.17) is 9.73 Å². The van der Waals surface area contributed by atoms with Gasteiger partial charge in [0.25, 0.3) is 0 Å². The van der Waals surface area contributed by atoms with Crippen LogP contribution >= 0.6 is 24.0 Å². The van der Waals surface area contributed by atoms with E-state index >= 15 is 0 Å². The van der Waals surface area contributed by atoms with E-state index in [9.17, 15) is 4.79 Å². The monoisotopic (exact) mass is 553 g/mol. The summed E-state index contributed by atoms with van der Waals surface area (Å²) in [7, 11) is 5.77. The molecule has 0 saturated carbocycles. The third-order valence-electron chi connectivity index (χ3n) is 4.43. The molecule has 2 N–H and O–H groups in total. The number of benzene rings is 2. The molecule has 0 aromatic heterocycles. The van der Waals surface area contributed by atoms with Gasteiger partial charge in [-0.25, -0.2) is 4.99 Å². The van der Waals surface area contributed by atoms with Crippen molar-refractivity contribution in [1.82, 2.24) is 15.1 Å². The van der Waals surface area contributed by atoms with Crippen molar-refractivity contribution < 1.29 is 9.53 Å².